The highest BCUT2D eigenvalue weighted by Gasteiger charge is 2.23. The monoisotopic (exact) mass is 395 g/mol. The molecule has 2 aromatic carbocycles. The third kappa shape index (κ3) is 3.60. The molecule has 6 heteroatoms. The predicted octanol–water partition coefficient (Wildman–Crippen LogP) is 4.39. The van der Waals surface area contributed by atoms with Gasteiger partial charge in [0.15, 0.2) is 22.8 Å². The highest BCUT2D eigenvalue weighted by atomic mass is 16.7. The standard InChI is InChI=1S/C23H25NO5/c1-2-25-20-6-3-5-18-17-9-11-24(14-22(17)29-23(18)20)10-4-12-26-16-7-8-19-21(13-16)28-15-27-19/h3,5-8,13H,2,4,9-12,14-15H2,1H3. The lowest BCUT2D eigenvalue weighted by Crippen LogP contribution is -2.31. The molecule has 0 amide bonds. The quantitative estimate of drug-likeness (QED) is 0.553. The lowest BCUT2D eigenvalue weighted by molar-refractivity contribution is 0.173. The van der Waals surface area contributed by atoms with E-state index in [9.17, 15) is 0 Å². The second-order valence-corrected chi connectivity index (χ2v) is 7.31. The minimum absolute atomic E-state index is 0.281. The smallest absolute Gasteiger partial charge is 0.231 e. The molecule has 0 spiro atoms. The van der Waals surface area contributed by atoms with Crippen molar-refractivity contribution in [3.8, 4) is 23.0 Å². The van der Waals surface area contributed by atoms with Crippen LogP contribution in [-0.2, 0) is 13.0 Å². The van der Waals surface area contributed by atoms with E-state index in [0.29, 0.717) is 13.2 Å². The summed E-state index contributed by atoms with van der Waals surface area (Å²) in [5.74, 6) is 4.25. The molecule has 3 aromatic rings. The van der Waals surface area contributed by atoms with Gasteiger partial charge in [-0.2, -0.15) is 0 Å². The van der Waals surface area contributed by atoms with Crippen LogP contribution in [0.3, 0.4) is 0 Å². The van der Waals surface area contributed by atoms with Gasteiger partial charge in [0.1, 0.15) is 11.5 Å². The highest BCUT2D eigenvalue weighted by molar-refractivity contribution is 5.87. The Kier molecular flexibility index (Phi) is 4.94. The van der Waals surface area contributed by atoms with E-state index in [-0.39, 0.29) is 6.79 Å². The van der Waals surface area contributed by atoms with Gasteiger partial charge in [-0.05, 0) is 38.0 Å². The van der Waals surface area contributed by atoms with E-state index >= 15 is 0 Å². The Hall–Kier alpha value is -2.86. The summed E-state index contributed by atoms with van der Waals surface area (Å²) >= 11 is 0. The van der Waals surface area contributed by atoms with E-state index in [0.717, 1.165) is 66.8 Å². The number of hydrogen-bond donors (Lipinski definition) is 0. The van der Waals surface area contributed by atoms with Crippen molar-refractivity contribution in [1.29, 1.82) is 0 Å². The van der Waals surface area contributed by atoms with Gasteiger partial charge in [0.25, 0.3) is 0 Å². The molecule has 0 fully saturated rings. The average molecular weight is 395 g/mol. The van der Waals surface area contributed by atoms with Crippen LogP contribution >= 0.6 is 0 Å². The fraction of sp³-hybridized carbons (Fsp3) is 0.391. The predicted molar refractivity (Wildman–Crippen MR) is 109 cm³/mol. The van der Waals surface area contributed by atoms with Gasteiger partial charge in [0.2, 0.25) is 6.79 Å². The fourth-order valence-electron chi connectivity index (χ4n) is 4.05. The summed E-state index contributed by atoms with van der Waals surface area (Å²) in [4.78, 5) is 2.42. The number of benzene rings is 2. The third-order valence-corrected chi connectivity index (χ3v) is 5.44. The molecule has 2 aliphatic heterocycles. The molecule has 0 radical (unpaired) electrons. The van der Waals surface area contributed by atoms with Gasteiger partial charge in [0, 0.05) is 30.1 Å². The number of fused-ring (bicyclic) bond motifs is 4. The summed E-state index contributed by atoms with van der Waals surface area (Å²) in [6.07, 6.45) is 1.95. The van der Waals surface area contributed by atoms with Gasteiger partial charge >= 0.3 is 0 Å². The molecule has 6 nitrogen and oxygen atoms in total. The van der Waals surface area contributed by atoms with Crippen LogP contribution in [0.1, 0.15) is 24.7 Å². The molecule has 0 N–H and O–H groups in total. The van der Waals surface area contributed by atoms with Crippen molar-refractivity contribution in [3.05, 3.63) is 47.7 Å². The zero-order valence-corrected chi connectivity index (χ0v) is 16.6. The Balaban J connectivity index is 1.17. The van der Waals surface area contributed by atoms with Crippen molar-refractivity contribution in [3.63, 3.8) is 0 Å². The van der Waals surface area contributed by atoms with Gasteiger partial charge in [-0.25, -0.2) is 0 Å². The van der Waals surface area contributed by atoms with E-state index in [4.69, 9.17) is 23.4 Å². The number of rotatable bonds is 7. The van der Waals surface area contributed by atoms with Crippen molar-refractivity contribution in [2.24, 2.45) is 0 Å². The van der Waals surface area contributed by atoms with E-state index in [2.05, 4.69) is 11.0 Å². The zero-order chi connectivity index (χ0) is 19.6. The maximum atomic E-state index is 6.20. The first-order valence-electron chi connectivity index (χ1n) is 10.2. The van der Waals surface area contributed by atoms with Gasteiger partial charge in [-0.3, -0.25) is 4.90 Å². The van der Waals surface area contributed by atoms with Crippen molar-refractivity contribution in [2.45, 2.75) is 26.3 Å². The van der Waals surface area contributed by atoms with Crippen LogP contribution in [0.25, 0.3) is 11.0 Å². The van der Waals surface area contributed by atoms with Crippen LogP contribution in [0.2, 0.25) is 0 Å². The molecule has 0 atom stereocenters. The zero-order valence-electron chi connectivity index (χ0n) is 16.6. The number of para-hydroxylation sites is 1. The first kappa shape index (κ1) is 18.2. The van der Waals surface area contributed by atoms with Crippen LogP contribution in [0.5, 0.6) is 23.0 Å². The molecular formula is C23H25NO5. The summed E-state index contributed by atoms with van der Waals surface area (Å²) in [6, 6.07) is 11.9. The lowest BCUT2D eigenvalue weighted by Gasteiger charge is -2.25. The molecule has 5 rings (SSSR count). The Bertz CT molecular complexity index is 1010. The van der Waals surface area contributed by atoms with Crippen LogP contribution in [0.4, 0.5) is 0 Å². The minimum Gasteiger partial charge on any atom is -0.493 e. The lowest BCUT2D eigenvalue weighted by atomic mass is 10.0. The fourth-order valence-corrected chi connectivity index (χ4v) is 4.05. The Morgan fingerprint density at radius 1 is 1.07 bits per heavy atom. The Labute approximate surface area is 169 Å². The first-order valence-corrected chi connectivity index (χ1v) is 10.2. The molecule has 152 valence electrons. The molecule has 0 saturated heterocycles. The van der Waals surface area contributed by atoms with E-state index < -0.39 is 0 Å². The Morgan fingerprint density at radius 2 is 2.00 bits per heavy atom. The van der Waals surface area contributed by atoms with Crippen LogP contribution < -0.4 is 18.9 Å². The van der Waals surface area contributed by atoms with E-state index in [1.54, 1.807) is 0 Å². The summed E-state index contributed by atoms with van der Waals surface area (Å²) in [5.41, 5.74) is 2.21. The van der Waals surface area contributed by atoms with Crippen LogP contribution in [-0.4, -0.2) is 38.0 Å². The number of hydrogen-bond acceptors (Lipinski definition) is 6. The first-order chi connectivity index (χ1) is 14.3. The maximum Gasteiger partial charge on any atom is 0.231 e. The summed E-state index contributed by atoms with van der Waals surface area (Å²) in [7, 11) is 0. The molecule has 29 heavy (non-hydrogen) atoms. The van der Waals surface area contributed by atoms with Gasteiger partial charge < -0.3 is 23.4 Å². The minimum atomic E-state index is 0.281. The molecule has 0 aliphatic carbocycles. The molecule has 0 bridgehead atoms. The normalized spacial score (nSPS) is 15.5. The topological polar surface area (TPSA) is 53.3 Å². The summed E-state index contributed by atoms with van der Waals surface area (Å²) in [6.45, 7) is 6.42. The maximum absolute atomic E-state index is 6.20. The highest BCUT2D eigenvalue weighted by Crippen LogP contribution is 2.36. The third-order valence-electron chi connectivity index (χ3n) is 5.44. The molecule has 0 saturated carbocycles. The molecule has 2 aliphatic rings. The van der Waals surface area contributed by atoms with Gasteiger partial charge in [0.05, 0.1) is 19.8 Å². The van der Waals surface area contributed by atoms with Crippen molar-refractivity contribution >= 4 is 11.0 Å². The molecule has 3 heterocycles. The average Bonchev–Trinajstić information content (AvgIpc) is 3.35. The number of furan rings is 1. The molecule has 1 aromatic heterocycles. The van der Waals surface area contributed by atoms with Gasteiger partial charge in [-0.15, -0.1) is 0 Å². The van der Waals surface area contributed by atoms with Crippen molar-refractivity contribution in [2.75, 3.05) is 33.1 Å². The molecular weight excluding hydrogens is 370 g/mol. The van der Waals surface area contributed by atoms with Crippen LogP contribution in [0, 0.1) is 0 Å². The van der Waals surface area contributed by atoms with E-state index in [1.165, 1.54) is 10.9 Å². The SMILES string of the molecule is CCOc1cccc2c3c(oc12)CN(CCCOc1ccc2c(c1)OCO2)CC3. The molecule has 0 unspecified atom stereocenters. The second kappa shape index (κ2) is 7.87. The largest absolute Gasteiger partial charge is 0.493 e. The second-order valence-electron chi connectivity index (χ2n) is 7.31. The summed E-state index contributed by atoms with van der Waals surface area (Å²) in [5, 5.41) is 1.19. The Morgan fingerprint density at radius 3 is 2.93 bits per heavy atom. The van der Waals surface area contributed by atoms with Crippen molar-refractivity contribution < 1.29 is 23.4 Å². The summed E-state index contributed by atoms with van der Waals surface area (Å²) < 4.78 is 28.5. The van der Waals surface area contributed by atoms with Crippen molar-refractivity contribution in [1.82, 2.24) is 4.90 Å². The van der Waals surface area contributed by atoms with E-state index in [1.807, 2.05) is 37.3 Å². The van der Waals surface area contributed by atoms with Gasteiger partial charge in [-0.1, -0.05) is 12.1 Å². The van der Waals surface area contributed by atoms with Crippen LogP contribution in [0.15, 0.2) is 40.8 Å². The number of ether oxygens (including phenoxy) is 4. The number of nitrogens with zero attached hydrogens (tertiary/aromatic N) is 1.